The molecule has 2 nitrogen and oxygen atoms in total. The summed E-state index contributed by atoms with van der Waals surface area (Å²) in [5.41, 5.74) is 8.34. The van der Waals surface area contributed by atoms with Gasteiger partial charge >= 0.3 is 0 Å². The first-order valence-electron chi connectivity index (χ1n) is 7.80. The zero-order valence-electron chi connectivity index (χ0n) is 12.6. The van der Waals surface area contributed by atoms with E-state index in [2.05, 4.69) is 36.5 Å². The van der Waals surface area contributed by atoms with Crippen molar-refractivity contribution >= 4 is 5.69 Å². The van der Waals surface area contributed by atoms with E-state index in [-0.39, 0.29) is 6.04 Å². The Kier molecular flexibility index (Phi) is 8.31. The van der Waals surface area contributed by atoms with E-state index in [1.165, 1.54) is 56.2 Å². The van der Waals surface area contributed by atoms with E-state index in [1.54, 1.807) is 0 Å². The molecule has 0 heterocycles. The van der Waals surface area contributed by atoms with Crippen molar-refractivity contribution < 1.29 is 0 Å². The second-order valence-corrected chi connectivity index (χ2v) is 5.57. The molecule has 0 aliphatic heterocycles. The SMILES string of the molecule is CCCCCCCCc1ccc(NC[C@@H](C)N)cc1. The Bertz CT molecular complexity index is 317. The molecular formula is C17H30N2. The highest BCUT2D eigenvalue weighted by molar-refractivity contribution is 5.44. The zero-order valence-corrected chi connectivity index (χ0v) is 12.6. The van der Waals surface area contributed by atoms with Crippen LogP contribution >= 0.6 is 0 Å². The van der Waals surface area contributed by atoms with Gasteiger partial charge in [-0.2, -0.15) is 0 Å². The summed E-state index contributed by atoms with van der Waals surface area (Å²) in [4.78, 5) is 0. The minimum Gasteiger partial charge on any atom is -0.383 e. The van der Waals surface area contributed by atoms with Gasteiger partial charge in [-0.1, -0.05) is 51.2 Å². The highest BCUT2D eigenvalue weighted by Gasteiger charge is 1.97. The van der Waals surface area contributed by atoms with Crippen molar-refractivity contribution in [2.45, 2.75) is 64.8 Å². The third-order valence-corrected chi connectivity index (χ3v) is 3.40. The van der Waals surface area contributed by atoms with Gasteiger partial charge in [0.15, 0.2) is 0 Å². The summed E-state index contributed by atoms with van der Waals surface area (Å²) in [6.45, 7) is 5.11. The topological polar surface area (TPSA) is 38.0 Å². The summed E-state index contributed by atoms with van der Waals surface area (Å²) in [7, 11) is 0. The van der Waals surface area contributed by atoms with Crippen LogP contribution in [0.1, 0.15) is 57.9 Å². The monoisotopic (exact) mass is 262 g/mol. The van der Waals surface area contributed by atoms with Crippen molar-refractivity contribution in [1.29, 1.82) is 0 Å². The van der Waals surface area contributed by atoms with E-state index in [4.69, 9.17) is 5.73 Å². The van der Waals surface area contributed by atoms with Crippen LogP contribution in [-0.4, -0.2) is 12.6 Å². The number of rotatable bonds is 10. The number of aryl methyl sites for hydroxylation is 1. The molecule has 1 aromatic rings. The van der Waals surface area contributed by atoms with E-state index in [9.17, 15) is 0 Å². The smallest absolute Gasteiger partial charge is 0.0340 e. The van der Waals surface area contributed by atoms with E-state index in [0.717, 1.165) is 6.54 Å². The molecule has 0 fully saturated rings. The van der Waals surface area contributed by atoms with Gasteiger partial charge in [0.2, 0.25) is 0 Å². The molecular weight excluding hydrogens is 232 g/mol. The predicted molar refractivity (Wildman–Crippen MR) is 85.7 cm³/mol. The quantitative estimate of drug-likeness (QED) is 0.615. The van der Waals surface area contributed by atoms with Crippen LogP contribution in [0.15, 0.2) is 24.3 Å². The maximum atomic E-state index is 5.72. The first-order valence-corrected chi connectivity index (χ1v) is 7.80. The van der Waals surface area contributed by atoms with E-state index < -0.39 is 0 Å². The van der Waals surface area contributed by atoms with Crippen LogP contribution in [0.4, 0.5) is 5.69 Å². The van der Waals surface area contributed by atoms with Gasteiger partial charge in [0.05, 0.1) is 0 Å². The molecule has 108 valence electrons. The van der Waals surface area contributed by atoms with Crippen molar-refractivity contribution in [1.82, 2.24) is 0 Å². The Morgan fingerprint density at radius 1 is 1.00 bits per heavy atom. The normalized spacial score (nSPS) is 12.4. The van der Waals surface area contributed by atoms with Gasteiger partial charge < -0.3 is 11.1 Å². The predicted octanol–water partition coefficient (Wildman–Crippen LogP) is 4.35. The first-order chi connectivity index (χ1) is 9.22. The number of nitrogens with two attached hydrogens (primary N) is 1. The number of unbranched alkanes of at least 4 members (excludes halogenated alkanes) is 5. The third-order valence-electron chi connectivity index (χ3n) is 3.40. The molecule has 0 spiro atoms. The highest BCUT2D eigenvalue weighted by atomic mass is 14.9. The standard InChI is InChI=1S/C17H30N2/c1-3-4-5-6-7-8-9-16-10-12-17(13-11-16)19-14-15(2)18/h10-13,15,19H,3-9,14,18H2,1-2H3/t15-/m1/s1. The molecule has 0 aromatic heterocycles. The van der Waals surface area contributed by atoms with E-state index in [1.807, 2.05) is 6.92 Å². The molecule has 0 unspecified atom stereocenters. The fourth-order valence-corrected chi connectivity index (χ4v) is 2.18. The van der Waals surface area contributed by atoms with E-state index >= 15 is 0 Å². The Hall–Kier alpha value is -1.02. The molecule has 19 heavy (non-hydrogen) atoms. The third kappa shape index (κ3) is 7.89. The molecule has 1 atom stereocenters. The first kappa shape index (κ1) is 16.0. The molecule has 0 amide bonds. The lowest BCUT2D eigenvalue weighted by Gasteiger charge is -2.09. The molecule has 0 saturated heterocycles. The van der Waals surface area contributed by atoms with Crippen LogP contribution in [0.3, 0.4) is 0 Å². The van der Waals surface area contributed by atoms with Gasteiger partial charge in [0.25, 0.3) is 0 Å². The molecule has 0 aliphatic carbocycles. The average Bonchev–Trinajstić information content (AvgIpc) is 2.41. The summed E-state index contributed by atoms with van der Waals surface area (Å²) in [5, 5.41) is 3.34. The number of hydrogen-bond donors (Lipinski definition) is 2. The van der Waals surface area contributed by atoms with Gasteiger partial charge in [-0.15, -0.1) is 0 Å². The van der Waals surface area contributed by atoms with Crippen molar-refractivity contribution in [3.8, 4) is 0 Å². The summed E-state index contributed by atoms with van der Waals surface area (Å²) in [6, 6.07) is 8.98. The number of hydrogen-bond acceptors (Lipinski definition) is 2. The van der Waals surface area contributed by atoms with Crippen LogP contribution in [0, 0.1) is 0 Å². The van der Waals surface area contributed by atoms with Crippen LogP contribution in [0.5, 0.6) is 0 Å². The molecule has 1 aromatic carbocycles. The lowest BCUT2D eigenvalue weighted by Crippen LogP contribution is -2.25. The Balaban J connectivity index is 2.17. The molecule has 0 saturated carbocycles. The molecule has 1 rings (SSSR count). The van der Waals surface area contributed by atoms with Crippen LogP contribution in [-0.2, 0) is 6.42 Å². The molecule has 0 radical (unpaired) electrons. The Morgan fingerprint density at radius 2 is 1.63 bits per heavy atom. The Morgan fingerprint density at radius 3 is 2.26 bits per heavy atom. The second-order valence-electron chi connectivity index (χ2n) is 5.57. The molecule has 0 bridgehead atoms. The Labute approximate surface area is 118 Å². The summed E-state index contributed by atoms with van der Waals surface area (Å²) < 4.78 is 0. The fourth-order valence-electron chi connectivity index (χ4n) is 2.18. The van der Waals surface area contributed by atoms with Gasteiger partial charge in [-0.05, 0) is 37.5 Å². The molecule has 2 heteroatoms. The highest BCUT2D eigenvalue weighted by Crippen LogP contribution is 2.13. The van der Waals surface area contributed by atoms with Crippen molar-refractivity contribution in [3.05, 3.63) is 29.8 Å². The number of nitrogens with one attached hydrogen (secondary N) is 1. The minimum atomic E-state index is 0.197. The second kappa shape index (κ2) is 9.85. The van der Waals surface area contributed by atoms with Gasteiger partial charge in [0.1, 0.15) is 0 Å². The zero-order chi connectivity index (χ0) is 13.9. The van der Waals surface area contributed by atoms with Gasteiger partial charge in [0, 0.05) is 18.3 Å². The minimum absolute atomic E-state index is 0.197. The van der Waals surface area contributed by atoms with Crippen molar-refractivity contribution in [2.75, 3.05) is 11.9 Å². The van der Waals surface area contributed by atoms with Crippen LogP contribution < -0.4 is 11.1 Å². The maximum Gasteiger partial charge on any atom is 0.0340 e. The van der Waals surface area contributed by atoms with Crippen LogP contribution in [0.2, 0.25) is 0 Å². The number of anilines is 1. The lowest BCUT2D eigenvalue weighted by molar-refractivity contribution is 0.607. The van der Waals surface area contributed by atoms with Crippen molar-refractivity contribution in [3.63, 3.8) is 0 Å². The largest absolute Gasteiger partial charge is 0.383 e. The fraction of sp³-hybridized carbons (Fsp3) is 0.647. The van der Waals surface area contributed by atoms with Gasteiger partial charge in [-0.25, -0.2) is 0 Å². The summed E-state index contributed by atoms with van der Waals surface area (Å²) >= 11 is 0. The van der Waals surface area contributed by atoms with Gasteiger partial charge in [-0.3, -0.25) is 0 Å². The van der Waals surface area contributed by atoms with E-state index in [0.29, 0.717) is 0 Å². The number of benzene rings is 1. The maximum absolute atomic E-state index is 5.72. The summed E-state index contributed by atoms with van der Waals surface area (Å²) in [5.74, 6) is 0. The summed E-state index contributed by atoms with van der Waals surface area (Å²) in [6.07, 6.45) is 9.40. The molecule has 3 N–H and O–H groups in total. The van der Waals surface area contributed by atoms with Crippen molar-refractivity contribution in [2.24, 2.45) is 5.73 Å². The molecule has 0 aliphatic rings. The lowest BCUT2D eigenvalue weighted by atomic mass is 10.0. The average molecular weight is 262 g/mol. The van der Waals surface area contributed by atoms with Crippen LogP contribution in [0.25, 0.3) is 0 Å².